The van der Waals surface area contributed by atoms with E-state index in [0.29, 0.717) is 12.1 Å². The molecule has 5 atom stereocenters. The molecular formula is C23H30N2O12. The highest BCUT2D eigenvalue weighted by atomic mass is 16.7. The number of hydrogen-bond donors (Lipinski definition) is 0. The molecule has 37 heavy (non-hydrogen) atoms. The Morgan fingerprint density at radius 3 is 2.00 bits per heavy atom. The lowest BCUT2D eigenvalue weighted by Gasteiger charge is -2.43. The van der Waals surface area contributed by atoms with Crippen LogP contribution in [-0.4, -0.2) is 85.1 Å². The Kier molecular flexibility index (Phi) is 10.3. The van der Waals surface area contributed by atoms with Crippen LogP contribution in [0, 0.1) is 10.1 Å². The van der Waals surface area contributed by atoms with Gasteiger partial charge >= 0.3 is 29.6 Å². The Morgan fingerprint density at radius 1 is 0.919 bits per heavy atom. The summed E-state index contributed by atoms with van der Waals surface area (Å²) >= 11 is 0. The van der Waals surface area contributed by atoms with E-state index < -0.39 is 71.8 Å². The minimum Gasteiger partial charge on any atom is -0.463 e. The van der Waals surface area contributed by atoms with Gasteiger partial charge in [-0.1, -0.05) is 6.07 Å². The highest BCUT2D eigenvalue weighted by molar-refractivity contribution is 5.68. The molecule has 1 aromatic rings. The molecule has 0 aromatic heterocycles. The number of carbonyl (C=O) groups excluding carboxylic acids is 4. The van der Waals surface area contributed by atoms with E-state index >= 15 is 0 Å². The first kappa shape index (κ1) is 29.5. The second kappa shape index (κ2) is 13.0. The van der Waals surface area contributed by atoms with Gasteiger partial charge in [-0.05, 0) is 25.7 Å². The van der Waals surface area contributed by atoms with Gasteiger partial charge in [0.1, 0.15) is 12.7 Å². The number of carbonyl (C=O) groups is 4. The molecule has 1 fully saturated rings. The van der Waals surface area contributed by atoms with Crippen LogP contribution in [0.2, 0.25) is 0 Å². The van der Waals surface area contributed by atoms with Crippen molar-refractivity contribution >= 4 is 29.6 Å². The topological polar surface area (TPSA) is 170 Å². The van der Waals surface area contributed by atoms with Crippen molar-refractivity contribution in [2.75, 3.05) is 20.7 Å². The van der Waals surface area contributed by atoms with Crippen LogP contribution in [0.4, 0.5) is 5.69 Å². The molecule has 1 saturated heterocycles. The number of nitro benzene ring substituents is 1. The van der Waals surface area contributed by atoms with Crippen molar-refractivity contribution in [3.05, 3.63) is 33.9 Å². The van der Waals surface area contributed by atoms with E-state index in [-0.39, 0.29) is 5.75 Å². The Morgan fingerprint density at radius 2 is 1.49 bits per heavy atom. The highest BCUT2D eigenvalue weighted by Crippen LogP contribution is 2.35. The van der Waals surface area contributed by atoms with E-state index in [9.17, 15) is 29.3 Å². The fourth-order valence-electron chi connectivity index (χ4n) is 3.68. The summed E-state index contributed by atoms with van der Waals surface area (Å²) in [6.07, 6.45) is -7.18. The third-order valence-electron chi connectivity index (χ3n) is 4.91. The van der Waals surface area contributed by atoms with Crippen LogP contribution < -0.4 is 4.74 Å². The summed E-state index contributed by atoms with van der Waals surface area (Å²) in [4.78, 5) is 60.0. The average molecular weight is 526 g/mol. The zero-order valence-corrected chi connectivity index (χ0v) is 21.3. The van der Waals surface area contributed by atoms with Crippen molar-refractivity contribution in [3.63, 3.8) is 0 Å². The van der Waals surface area contributed by atoms with Crippen LogP contribution in [0.1, 0.15) is 33.3 Å². The van der Waals surface area contributed by atoms with Gasteiger partial charge in [-0.3, -0.25) is 29.3 Å². The lowest BCUT2D eigenvalue weighted by Crippen LogP contribution is -2.63. The third-order valence-corrected chi connectivity index (χ3v) is 4.91. The number of rotatable bonds is 10. The minimum absolute atomic E-state index is 0.228. The first-order chi connectivity index (χ1) is 17.3. The van der Waals surface area contributed by atoms with E-state index in [0.717, 1.165) is 27.7 Å². The fraction of sp³-hybridized carbons (Fsp3) is 0.565. The second-order valence-electron chi connectivity index (χ2n) is 8.48. The Bertz CT molecular complexity index is 1030. The van der Waals surface area contributed by atoms with E-state index in [1.165, 1.54) is 12.1 Å². The SMILES string of the molecule is CC(=O)OC[C@H]1O[C@H](Oc2ccc(CN(C)C)cc2[N+](=O)[O-])[C@H](OC(C)=O)[C@@H](OC(C)=O)[C@H]1OC(C)=O. The molecule has 2 rings (SSSR count). The van der Waals surface area contributed by atoms with Gasteiger partial charge in [-0.2, -0.15) is 0 Å². The number of hydrogen-bond acceptors (Lipinski definition) is 13. The van der Waals surface area contributed by atoms with Gasteiger partial charge in [-0.15, -0.1) is 0 Å². The van der Waals surface area contributed by atoms with Crippen molar-refractivity contribution in [1.82, 2.24) is 4.90 Å². The number of esters is 4. The lowest BCUT2D eigenvalue weighted by molar-refractivity contribution is -0.387. The molecule has 1 aliphatic heterocycles. The summed E-state index contributed by atoms with van der Waals surface area (Å²) in [5.41, 5.74) is 0.234. The summed E-state index contributed by atoms with van der Waals surface area (Å²) in [5, 5.41) is 11.8. The van der Waals surface area contributed by atoms with Gasteiger partial charge in [0.15, 0.2) is 18.0 Å². The molecule has 0 N–H and O–H groups in total. The summed E-state index contributed by atoms with van der Waals surface area (Å²) in [7, 11) is 3.60. The van der Waals surface area contributed by atoms with Crippen LogP contribution in [0.5, 0.6) is 5.75 Å². The van der Waals surface area contributed by atoms with Crippen molar-refractivity contribution < 1.29 is 52.5 Å². The Hall–Kier alpha value is -3.78. The zero-order valence-electron chi connectivity index (χ0n) is 21.3. The molecule has 0 bridgehead atoms. The van der Waals surface area contributed by atoms with Gasteiger partial charge in [0.2, 0.25) is 12.4 Å². The van der Waals surface area contributed by atoms with Gasteiger partial charge in [0.25, 0.3) is 0 Å². The van der Waals surface area contributed by atoms with Gasteiger partial charge in [0, 0.05) is 40.3 Å². The standard InChI is InChI=1S/C23H30N2O12/c1-12(26)32-11-19-20(33-13(2)27)21(34-14(3)28)22(35-15(4)29)23(37-19)36-18-8-7-16(10-24(5)6)9-17(18)25(30)31/h7-9,19-23H,10-11H2,1-6H3/t19-,20+,21+,22-,23+/m1/s1. The van der Waals surface area contributed by atoms with Crippen LogP contribution in [-0.2, 0) is 49.4 Å². The van der Waals surface area contributed by atoms with E-state index in [1.54, 1.807) is 20.2 Å². The monoisotopic (exact) mass is 526 g/mol. The van der Waals surface area contributed by atoms with E-state index in [1.807, 2.05) is 4.90 Å². The molecule has 0 saturated carbocycles. The number of ether oxygens (including phenoxy) is 6. The van der Waals surface area contributed by atoms with E-state index in [4.69, 9.17) is 28.4 Å². The predicted molar refractivity (Wildman–Crippen MR) is 123 cm³/mol. The molecule has 0 radical (unpaired) electrons. The van der Waals surface area contributed by atoms with Gasteiger partial charge in [-0.25, -0.2) is 0 Å². The first-order valence-electron chi connectivity index (χ1n) is 11.2. The largest absolute Gasteiger partial charge is 0.463 e. The number of nitro groups is 1. The smallest absolute Gasteiger partial charge is 0.311 e. The number of benzene rings is 1. The molecule has 14 nitrogen and oxygen atoms in total. The third kappa shape index (κ3) is 8.68. The summed E-state index contributed by atoms with van der Waals surface area (Å²) in [6.45, 7) is 4.35. The van der Waals surface area contributed by atoms with Gasteiger partial charge in [0.05, 0.1) is 4.92 Å². The quantitative estimate of drug-likeness (QED) is 0.184. The Balaban J connectivity index is 2.54. The Labute approximate surface area is 212 Å². The van der Waals surface area contributed by atoms with Crippen LogP contribution in [0.3, 0.4) is 0 Å². The average Bonchev–Trinajstić information content (AvgIpc) is 2.76. The van der Waals surface area contributed by atoms with Crippen molar-refractivity contribution in [1.29, 1.82) is 0 Å². The maximum absolute atomic E-state index is 11.9. The van der Waals surface area contributed by atoms with Crippen molar-refractivity contribution in [2.24, 2.45) is 0 Å². The van der Waals surface area contributed by atoms with E-state index in [2.05, 4.69) is 0 Å². The molecule has 0 unspecified atom stereocenters. The maximum Gasteiger partial charge on any atom is 0.311 e. The van der Waals surface area contributed by atoms with Crippen molar-refractivity contribution in [3.8, 4) is 5.75 Å². The molecule has 0 aliphatic carbocycles. The van der Waals surface area contributed by atoms with Crippen LogP contribution in [0.25, 0.3) is 0 Å². The van der Waals surface area contributed by atoms with Crippen LogP contribution in [0.15, 0.2) is 18.2 Å². The second-order valence-corrected chi connectivity index (χ2v) is 8.48. The van der Waals surface area contributed by atoms with Gasteiger partial charge < -0.3 is 33.3 Å². The highest BCUT2D eigenvalue weighted by Gasteiger charge is 2.53. The molecule has 204 valence electrons. The fourth-order valence-corrected chi connectivity index (χ4v) is 3.68. The molecule has 14 heteroatoms. The normalized spacial score (nSPS) is 23.1. The number of nitrogens with zero attached hydrogens (tertiary/aromatic N) is 2. The minimum atomic E-state index is -1.58. The van der Waals surface area contributed by atoms with Crippen LogP contribution >= 0.6 is 0 Å². The first-order valence-corrected chi connectivity index (χ1v) is 11.2. The molecule has 0 amide bonds. The predicted octanol–water partition coefficient (Wildman–Crippen LogP) is 1.12. The molecular weight excluding hydrogens is 496 g/mol. The molecule has 1 aliphatic rings. The molecule has 1 heterocycles. The lowest BCUT2D eigenvalue weighted by atomic mass is 9.98. The molecule has 0 spiro atoms. The molecule has 1 aromatic carbocycles. The summed E-state index contributed by atoms with van der Waals surface area (Å²) < 4.78 is 32.6. The van der Waals surface area contributed by atoms with Crippen molar-refractivity contribution in [2.45, 2.75) is 64.9 Å². The maximum atomic E-state index is 11.9. The summed E-state index contributed by atoms with van der Waals surface area (Å²) in [6, 6.07) is 4.28. The zero-order chi connectivity index (χ0) is 27.9. The summed E-state index contributed by atoms with van der Waals surface area (Å²) in [5.74, 6) is -3.33.